The van der Waals surface area contributed by atoms with Crippen LogP contribution in [0.2, 0.25) is 0 Å². The molecule has 7 heteroatoms. The average molecular weight is 180 g/mol. The number of nitrogens with zero attached hydrogens (tertiary/aromatic N) is 6. The maximum Gasteiger partial charge on any atom is 0.118 e. The molecule has 0 saturated heterocycles. The molecule has 0 N–H and O–H groups in total. The largest absolute Gasteiger partial charge is 0.155 e. The first-order valence-corrected chi connectivity index (χ1v) is 3.96. The van der Waals surface area contributed by atoms with E-state index < -0.39 is 0 Å². The lowest BCUT2D eigenvalue weighted by molar-refractivity contribution is 0.696. The molecule has 0 bridgehead atoms. The van der Waals surface area contributed by atoms with Gasteiger partial charge in [0, 0.05) is 5.38 Å². The quantitative estimate of drug-likeness (QED) is 0.610. The molecule has 0 amide bonds. The van der Waals surface area contributed by atoms with Gasteiger partial charge in [-0.05, 0) is 16.7 Å². The zero-order valence-electron chi connectivity index (χ0n) is 5.90. The lowest BCUT2D eigenvalue weighted by atomic mass is 10.6. The van der Waals surface area contributed by atoms with Crippen LogP contribution in [0.15, 0.2) is 22.9 Å². The Morgan fingerprint density at radius 1 is 1.58 bits per heavy atom. The molecule has 0 saturated carbocycles. The molecule has 2 aromatic rings. The topological polar surface area (TPSA) is 68.8 Å². The van der Waals surface area contributed by atoms with Gasteiger partial charge in [-0.15, -0.1) is 15.0 Å². The Hall–Kier alpha value is -1.63. The van der Waals surface area contributed by atoms with Crippen molar-refractivity contribution in [2.24, 2.45) is 5.10 Å². The molecule has 0 unspecified atom stereocenters. The van der Waals surface area contributed by atoms with E-state index >= 15 is 0 Å². The van der Waals surface area contributed by atoms with E-state index in [1.54, 1.807) is 24.0 Å². The van der Waals surface area contributed by atoms with Gasteiger partial charge >= 0.3 is 0 Å². The molecule has 0 aromatic carbocycles. The van der Waals surface area contributed by atoms with Gasteiger partial charge in [-0.3, -0.25) is 0 Å². The summed E-state index contributed by atoms with van der Waals surface area (Å²) >= 11 is 1.28. The molecule has 0 radical (unpaired) electrons. The molecule has 12 heavy (non-hydrogen) atoms. The van der Waals surface area contributed by atoms with Crippen LogP contribution < -0.4 is 0 Å². The fraction of sp³-hybridized carbons (Fsp3) is 0. The minimum absolute atomic E-state index is 0.718. The molecular formula is C5H4N6S. The molecule has 60 valence electrons. The molecule has 2 heterocycles. The zero-order chi connectivity index (χ0) is 8.23. The first-order chi connectivity index (χ1) is 5.95. The van der Waals surface area contributed by atoms with E-state index in [9.17, 15) is 0 Å². The first-order valence-electron chi connectivity index (χ1n) is 3.13. The summed E-state index contributed by atoms with van der Waals surface area (Å²) in [5.41, 5.74) is 0.718. The summed E-state index contributed by atoms with van der Waals surface area (Å²) in [4.78, 5) is 1.35. The second-order valence-corrected chi connectivity index (χ2v) is 2.51. The van der Waals surface area contributed by atoms with Crippen molar-refractivity contribution in [3.63, 3.8) is 0 Å². The molecule has 0 fully saturated rings. The Balaban J connectivity index is 2.14. The van der Waals surface area contributed by atoms with Gasteiger partial charge in [0.05, 0.1) is 18.6 Å². The fourth-order valence-electron chi connectivity index (χ4n) is 0.610. The molecule has 6 nitrogen and oxygen atoms in total. The van der Waals surface area contributed by atoms with E-state index in [1.807, 2.05) is 0 Å². The maximum atomic E-state index is 3.93. The van der Waals surface area contributed by atoms with Crippen molar-refractivity contribution in [2.45, 2.75) is 0 Å². The lowest BCUT2D eigenvalue weighted by Gasteiger charge is -1.83. The summed E-state index contributed by atoms with van der Waals surface area (Å²) in [5, 5.41) is 16.7. The second kappa shape index (κ2) is 3.18. The van der Waals surface area contributed by atoms with E-state index in [0.29, 0.717) is 0 Å². The first kappa shape index (κ1) is 7.04. The molecule has 0 spiro atoms. The summed E-state index contributed by atoms with van der Waals surface area (Å²) in [6.45, 7) is 0. The van der Waals surface area contributed by atoms with Crippen molar-refractivity contribution in [2.75, 3.05) is 0 Å². The number of rotatable bonds is 2. The normalized spacial score (nSPS) is 11.0. The van der Waals surface area contributed by atoms with Crippen molar-refractivity contribution in [3.8, 4) is 0 Å². The van der Waals surface area contributed by atoms with Gasteiger partial charge in [0.1, 0.15) is 5.69 Å². The van der Waals surface area contributed by atoms with Crippen LogP contribution in [0.5, 0.6) is 0 Å². The van der Waals surface area contributed by atoms with Gasteiger partial charge in [-0.2, -0.15) is 5.10 Å². The smallest absolute Gasteiger partial charge is 0.118 e. The predicted molar refractivity (Wildman–Crippen MR) is 42.9 cm³/mol. The Labute approximate surface area is 71.7 Å². The zero-order valence-corrected chi connectivity index (χ0v) is 6.72. The third-order valence-corrected chi connectivity index (χ3v) is 1.62. The lowest BCUT2D eigenvalue weighted by Crippen LogP contribution is -1.91. The van der Waals surface area contributed by atoms with Crippen molar-refractivity contribution in [1.29, 1.82) is 0 Å². The average Bonchev–Trinajstić information content (AvgIpc) is 2.74. The molecule has 0 aliphatic carbocycles. The molecule has 0 atom stereocenters. The number of hydrogen-bond donors (Lipinski definition) is 0. The van der Waals surface area contributed by atoms with Gasteiger partial charge in [0.15, 0.2) is 0 Å². The summed E-state index contributed by atoms with van der Waals surface area (Å²) in [5.74, 6) is 0. The standard InChI is InChI=1S/C5H4N6S/c1-2-11(9-6-1)7-3-5-4-12-10-8-5/h1-4H. The van der Waals surface area contributed by atoms with E-state index in [0.717, 1.165) is 5.69 Å². The van der Waals surface area contributed by atoms with Gasteiger partial charge < -0.3 is 0 Å². The number of aromatic nitrogens is 5. The summed E-state index contributed by atoms with van der Waals surface area (Å²) in [7, 11) is 0. The van der Waals surface area contributed by atoms with Crippen LogP contribution in [-0.4, -0.2) is 30.9 Å². The monoisotopic (exact) mass is 180 g/mol. The predicted octanol–water partition coefficient (Wildman–Crippen LogP) is 0.0118. The van der Waals surface area contributed by atoms with Crippen LogP contribution in [-0.2, 0) is 0 Å². The third-order valence-electron chi connectivity index (χ3n) is 1.10. The SMILES string of the molecule is C(=Nn1ccnn1)c1csnn1. The molecule has 2 rings (SSSR count). The van der Waals surface area contributed by atoms with Gasteiger partial charge in [0.2, 0.25) is 0 Å². The van der Waals surface area contributed by atoms with Crippen LogP contribution in [0, 0.1) is 0 Å². The van der Waals surface area contributed by atoms with Crippen LogP contribution in [0.4, 0.5) is 0 Å². The summed E-state index contributed by atoms with van der Waals surface area (Å²) in [6, 6.07) is 0. The van der Waals surface area contributed by atoms with Gasteiger partial charge in [0.25, 0.3) is 0 Å². The van der Waals surface area contributed by atoms with Crippen LogP contribution in [0.3, 0.4) is 0 Å². The fourth-order valence-corrected chi connectivity index (χ4v) is 1.01. The van der Waals surface area contributed by atoms with Crippen molar-refractivity contribution >= 4 is 17.7 Å². The highest BCUT2D eigenvalue weighted by Crippen LogP contribution is 1.92. The number of hydrogen-bond acceptors (Lipinski definition) is 6. The van der Waals surface area contributed by atoms with Crippen molar-refractivity contribution < 1.29 is 0 Å². The minimum Gasteiger partial charge on any atom is -0.155 e. The molecule has 0 aliphatic heterocycles. The van der Waals surface area contributed by atoms with Crippen LogP contribution in [0.25, 0.3) is 0 Å². The van der Waals surface area contributed by atoms with Crippen LogP contribution in [0.1, 0.15) is 5.69 Å². The van der Waals surface area contributed by atoms with E-state index in [4.69, 9.17) is 0 Å². The Morgan fingerprint density at radius 3 is 3.25 bits per heavy atom. The third kappa shape index (κ3) is 1.51. The van der Waals surface area contributed by atoms with Crippen molar-refractivity contribution in [3.05, 3.63) is 23.5 Å². The highest BCUT2D eigenvalue weighted by Gasteiger charge is 1.89. The Bertz CT molecular complexity index is 313. The van der Waals surface area contributed by atoms with Crippen LogP contribution >= 0.6 is 11.5 Å². The van der Waals surface area contributed by atoms with E-state index in [2.05, 4.69) is 25.0 Å². The van der Waals surface area contributed by atoms with E-state index in [-0.39, 0.29) is 0 Å². The highest BCUT2D eigenvalue weighted by molar-refractivity contribution is 7.03. The Kier molecular flexibility index (Phi) is 1.87. The molecule has 0 aliphatic rings. The maximum absolute atomic E-state index is 3.93. The van der Waals surface area contributed by atoms with Crippen molar-refractivity contribution in [1.82, 2.24) is 24.7 Å². The second-order valence-electron chi connectivity index (χ2n) is 1.90. The van der Waals surface area contributed by atoms with Gasteiger partial charge in [-0.25, -0.2) is 0 Å². The van der Waals surface area contributed by atoms with E-state index in [1.165, 1.54) is 16.3 Å². The summed E-state index contributed by atoms with van der Waals surface area (Å²) in [6.07, 6.45) is 4.76. The summed E-state index contributed by atoms with van der Waals surface area (Å²) < 4.78 is 3.68. The highest BCUT2D eigenvalue weighted by atomic mass is 32.1. The Morgan fingerprint density at radius 2 is 2.58 bits per heavy atom. The molecular weight excluding hydrogens is 176 g/mol. The van der Waals surface area contributed by atoms with Gasteiger partial charge in [-0.1, -0.05) is 4.49 Å². The minimum atomic E-state index is 0.718. The molecule has 2 aromatic heterocycles.